The number of amides is 1. The SMILES string of the molecule is CCn1c(-c2ccc(Cl)cc2)c(C)sc1=NC(=O)c1ccccc1[N+](=O)[O-]. The summed E-state index contributed by atoms with van der Waals surface area (Å²) in [5.74, 6) is -0.631. The second-order valence-electron chi connectivity index (χ2n) is 5.73. The molecule has 8 heteroatoms. The van der Waals surface area contributed by atoms with E-state index in [0.717, 1.165) is 16.1 Å². The summed E-state index contributed by atoms with van der Waals surface area (Å²) in [5, 5.41) is 11.8. The van der Waals surface area contributed by atoms with Crippen LogP contribution < -0.4 is 4.80 Å². The molecule has 1 aromatic heterocycles. The molecule has 3 aromatic rings. The molecular formula is C19H16ClN3O3S. The number of para-hydroxylation sites is 1. The van der Waals surface area contributed by atoms with Gasteiger partial charge in [-0.2, -0.15) is 4.99 Å². The number of nitro groups is 1. The maximum Gasteiger partial charge on any atom is 0.286 e. The highest BCUT2D eigenvalue weighted by Crippen LogP contribution is 2.27. The predicted octanol–water partition coefficient (Wildman–Crippen LogP) is 4.85. The lowest BCUT2D eigenvalue weighted by Gasteiger charge is -2.07. The molecule has 27 heavy (non-hydrogen) atoms. The Morgan fingerprint density at radius 3 is 2.52 bits per heavy atom. The number of carbonyl (C=O) groups excluding carboxylic acids is 1. The normalized spacial score (nSPS) is 11.6. The topological polar surface area (TPSA) is 77.5 Å². The highest BCUT2D eigenvalue weighted by Gasteiger charge is 2.20. The van der Waals surface area contributed by atoms with Gasteiger partial charge < -0.3 is 4.57 Å². The maximum atomic E-state index is 12.6. The van der Waals surface area contributed by atoms with Crippen LogP contribution in [0.25, 0.3) is 11.3 Å². The third-order valence-electron chi connectivity index (χ3n) is 4.04. The van der Waals surface area contributed by atoms with E-state index in [1.165, 1.54) is 29.5 Å². The number of aromatic nitrogens is 1. The zero-order valence-corrected chi connectivity index (χ0v) is 16.3. The largest absolute Gasteiger partial charge is 0.316 e. The Hall–Kier alpha value is -2.77. The van der Waals surface area contributed by atoms with E-state index >= 15 is 0 Å². The van der Waals surface area contributed by atoms with Crippen molar-refractivity contribution in [1.29, 1.82) is 0 Å². The smallest absolute Gasteiger partial charge is 0.286 e. The van der Waals surface area contributed by atoms with E-state index in [2.05, 4.69) is 4.99 Å². The Bertz CT molecular complexity index is 1080. The Kier molecular flexibility index (Phi) is 5.53. The number of nitrogens with zero attached hydrogens (tertiary/aromatic N) is 3. The van der Waals surface area contributed by atoms with Crippen LogP contribution in [0.3, 0.4) is 0 Å². The van der Waals surface area contributed by atoms with Gasteiger partial charge in [-0.1, -0.05) is 35.9 Å². The second-order valence-corrected chi connectivity index (χ2v) is 7.35. The van der Waals surface area contributed by atoms with Crippen LogP contribution in [0, 0.1) is 17.0 Å². The molecule has 0 aliphatic carbocycles. The molecule has 0 bridgehead atoms. The molecule has 0 unspecified atom stereocenters. The van der Waals surface area contributed by atoms with Crippen molar-refractivity contribution in [2.75, 3.05) is 0 Å². The lowest BCUT2D eigenvalue weighted by atomic mass is 10.1. The first-order valence-electron chi connectivity index (χ1n) is 8.21. The third kappa shape index (κ3) is 3.84. The number of hydrogen-bond acceptors (Lipinski definition) is 4. The molecule has 1 heterocycles. The number of thiazole rings is 1. The number of halogens is 1. The van der Waals surface area contributed by atoms with Gasteiger partial charge in [-0.05, 0) is 37.6 Å². The molecule has 0 aliphatic heterocycles. The summed E-state index contributed by atoms with van der Waals surface area (Å²) in [4.78, 5) is 28.9. The van der Waals surface area contributed by atoms with Crippen molar-refractivity contribution >= 4 is 34.5 Å². The average Bonchev–Trinajstić information content (AvgIpc) is 2.97. The minimum absolute atomic E-state index is 0.0238. The fourth-order valence-electron chi connectivity index (χ4n) is 2.83. The summed E-state index contributed by atoms with van der Waals surface area (Å²) in [5.41, 5.74) is 1.65. The van der Waals surface area contributed by atoms with E-state index in [1.54, 1.807) is 6.07 Å². The number of benzene rings is 2. The van der Waals surface area contributed by atoms with E-state index in [-0.39, 0.29) is 11.3 Å². The molecule has 3 rings (SSSR count). The lowest BCUT2D eigenvalue weighted by Crippen LogP contribution is -2.17. The van der Waals surface area contributed by atoms with E-state index in [1.807, 2.05) is 42.7 Å². The number of rotatable bonds is 4. The number of hydrogen-bond donors (Lipinski definition) is 0. The van der Waals surface area contributed by atoms with Crippen molar-refractivity contribution in [3.63, 3.8) is 0 Å². The average molecular weight is 402 g/mol. The van der Waals surface area contributed by atoms with Gasteiger partial charge in [-0.3, -0.25) is 14.9 Å². The minimum atomic E-state index is -0.631. The second kappa shape index (κ2) is 7.85. The van der Waals surface area contributed by atoms with Crippen LogP contribution in [0.4, 0.5) is 5.69 Å². The summed E-state index contributed by atoms with van der Waals surface area (Å²) < 4.78 is 1.93. The molecule has 0 radical (unpaired) electrons. The molecule has 1 amide bonds. The first kappa shape index (κ1) is 19.0. The Balaban J connectivity index is 2.13. The van der Waals surface area contributed by atoms with Gasteiger partial charge >= 0.3 is 0 Å². The van der Waals surface area contributed by atoms with Crippen molar-refractivity contribution in [1.82, 2.24) is 4.57 Å². The number of aryl methyl sites for hydroxylation is 1. The van der Waals surface area contributed by atoms with Gasteiger partial charge in [0.25, 0.3) is 11.6 Å². The molecular weight excluding hydrogens is 386 g/mol. The first-order chi connectivity index (χ1) is 12.9. The van der Waals surface area contributed by atoms with Crippen molar-refractivity contribution < 1.29 is 9.72 Å². The molecule has 0 saturated carbocycles. The van der Waals surface area contributed by atoms with E-state index in [4.69, 9.17) is 11.6 Å². The molecule has 0 aliphatic rings. The minimum Gasteiger partial charge on any atom is -0.316 e. The standard InChI is InChI=1S/C19H16ClN3O3S/c1-3-22-17(13-8-10-14(20)11-9-13)12(2)27-19(22)21-18(24)15-6-4-5-7-16(15)23(25)26/h4-11H,3H2,1-2H3. The van der Waals surface area contributed by atoms with Gasteiger partial charge in [0, 0.05) is 22.5 Å². The summed E-state index contributed by atoms with van der Waals surface area (Å²) >= 11 is 7.35. The van der Waals surface area contributed by atoms with Gasteiger partial charge in [0.2, 0.25) is 0 Å². The fourth-order valence-corrected chi connectivity index (χ4v) is 4.01. The van der Waals surface area contributed by atoms with E-state index < -0.39 is 10.8 Å². The number of nitro benzene ring substituents is 1. The first-order valence-corrected chi connectivity index (χ1v) is 9.40. The fraction of sp³-hybridized carbons (Fsp3) is 0.158. The monoisotopic (exact) mass is 401 g/mol. The molecule has 0 spiro atoms. The molecule has 0 fully saturated rings. The molecule has 138 valence electrons. The Morgan fingerprint density at radius 2 is 1.89 bits per heavy atom. The van der Waals surface area contributed by atoms with Crippen molar-refractivity contribution in [2.24, 2.45) is 4.99 Å². The molecule has 0 N–H and O–H groups in total. The summed E-state index contributed by atoms with van der Waals surface area (Å²) in [7, 11) is 0. The van der Waals surface area contributed by atoms with Crippen molar-refractivity contribution in [3.05, 3.63) is 78.9 Å². The third-order valence-corrected chi connectivity index (χ3v) is 5.29. The van der Waals surface area contributed by atoms with Crippen LogP contribution in [0.5, 0.6) is 0 Å². The van der Waals surface area contributed by atoms with Gasteiger partial charge in [0.1, 0.15) is 5.56 Å². The lowest BCUT2D eigenvalue weighted by molar-refractivity contribution is -0.385. The van der Waals surface area contributed by atoms with Crippen LogP contribution in [-0.4, -0.2) is 15.4 Å². The maximum absolute atomic E-state index is 12.6. The highest BCUT2D eigenvalue weighted by atomic mass is 35.5. The van der Waals surface area contributed by atoms with Gasteiger partial charge in [-0.25, -0.2) is 0 Å². The van der Waals surface area contributed by atoms with Crippen LogP contribution in [-0.2, 0) is 6.54 Å². The van der Waals surface area contributed by atoms with Crippen LogP contribution in [0.15, 0.2) is 53.5 Å². The molecule has 0 atom stereocenters. The van der Waals surface area contributed by atoms with Crippen LogP contribution >= 0.6 is 22.9 Å². The van der Waals surface area contributed by atoms with Gasteiger partial charge in [0.05, 0.1) is 10.6 Å². The van der Waals surface area contributed by atoms with Crippen LogP contribution in [0.1, 0.15) is 22.2 Å². The summed E-state index contributed by atoms with van der Waals surface area (Å²) in [6.07, 6.45) is 0. The van der Waals surface area contributed by atoms with Crippen molar-refractivity contribution in [2.45, 2.75) is 20.4 Å². The quantitative estimate of drug-likeness (QED) is 0.463. The number of carbonyl (C=O) groups is 1. The van der Waals surface area contributed by atoms with Crippen molar-refractivity contribution in [3.8, 4) is 11.3 Å². The van der Waals surface area contributed by atoms with E-state index in [9.17, 15) is 14.9 Å². The molecule has 6 nitrogen and oxygen atoms in total. The predicted molar refractivity (Wildman–Crippen MR) is 106 cm³/mol. The van der Waals surface area contributed by atoms with Crippen LogP contribution in [0.2, 0.25) is 5.02 Å². The zero-order chi connectivity index (χ0) is 19.6. The van der Waals surface area contributed by atoms with E-state index in [0.29, 0.717) is 16.4 Å². The molecule has 2 aromatic carbocycles. The Morgan fingerprint density at radius 1 is 1.22 bits per heavy atom. The van der Waals surface area contributed by atoms with Gasteiger partial charge in [-0.15, -0.1) is 11.3 Å². The highest BCUT2D eigenvalue weighted by molar-refractivity contribution is 7.09. The molecule has 0 saturated heterocycles. The van der Waals surface area contributed by atoms with Gasteiger partial charge in [0.15, 0.2) is 4.80 Å². The zero-order valence-electron chi connectivity index (χ0n) is 14.7. The summed E-state index contributed by atoms with van der Waals surface area (Å²) in [6.45, 7) is 4.51. The summed E-state index contributed by atoms with van der Waals surface area (Å²) in [6, 6.07) is 13.3. The Labute approximate surface area is 164 Å².